The number of allylic oxidation sites excluding steroid dienone is 1. The molecule has 0 spiro atoms. The van der Waals surface area contributed by atoms with E-state index in [1.54, 1.807) is 5.57 Å². The summed E-state index contributed by atoms with van der Waals surface area (Å²) in [6.45, 7) is 4.63. The Balaban J connectivity index is 1.74. The van der Waals surface area contributed by atoms with Crippen molar-refractivity contribution in [2.45, 2.75) is 26.7 Å². The number of fused-ring (bicyclic) bond motifs is 1. The molecule has 0 heteroatoms. The molecule has 25 heavy (non-hydrogen) atoms. The van der Waals surface area contributed by atoms with Gasteiger partial charge in [0.25, 0.3) is 0 Å². The van der Waals surface area contributed by atoms with Crippen LogP contribution in [-0.2, 0) is 6.42 Å². The predicted molar refractivity (Wildman–Crippen MR) is 109 cm³/mol. The summed E-state index contributed by atoms with van der Waals surface area (Å²) < 4.78 is 0. The second-order valence-electron chi connectivity index (χ2n) is 7.39. The average molecular weight is 322 g/mol. The van der Waals surface area contributed by atoms with Crippen LogP contribution in [0.5, 0.6) is 0 Å². The van der Waals surface area contributed by atoms with E-state index in [-0.39, 0.29) is 0 Å². The van der Waals surface area contributed by atoms with Gasteiger partial charge in [0.2, 0.25) is 0 Å². The Kier molecular flexibility index (Phi) is 3.21. The fraction of sp³-hybridized carbons (Fsp3) is 0.200. The summed E-state index contributed by atoms with van der Waals surface area (Å²) in [7, 11) is 0. The van der Waals surface area contributed by atoms with Crippen LogP contribution in [0.15, 0.2) is 54.1 Å². The molecule has 3 aromatic carbocycles. The van der Waals surface area contributed by atoms with Gasteiger partial charge in [0.1, 0.15) is 0 Å². The molecular formula is C25H22. The van der Waals surface area contributed by atoms with Crippen LogP contribution in [0.4, 0.5) is 0 Å². The third-order valence-corrected chi connectivity index (χ3v) is 6.00. The van der Waals surface area contributed by atoms with E-state index in [0.29, 0.717) is 5.92 Å². The second-order valence-corrected chi connectivity index (χ2v) is 7.39. The van der Waals surface area contributed by atoms with Gasteiger partial charge in [0.05, 0.1) is 0 Å². The maximum Gasteiger partial charge on any atom is -0.00326 e. The van der Waals surface area contributed by atoms with Gasteiger partial charge in [0.15, 0.2) is 0 Å². The van der Waals surface area contributed by atoms with Crippen LogP contribution >= 0.6 is 0 Å². The van der Waals surface area contributed by atoms with Crippen LogP contribution < -0.4 is 0 Å². The Bertz CT molecular complexity index is 1050. The predicted octanol–water partition coefficient (Wildman–Crippen LogP) is 6.98. The normalized spacial score (nSPS) is 15.5. The summed E-state index contributed by atoms with van der Waals surface area (Å²) in [4.78, 5) is 0. The van der Waals surface area contributed by atoms with E-state index in [1.807, 2.05) is 0 Å². The Morgan fingerprint density at radius 1 is 0.880 bits per heavy atom. The third-order valence-electron chi connectivity index (χ3n) is 6.00. The Hall–Kier alpha value is -2.60. The molecule has 0 N–H and O–H groups in total. The van der Waals surface area contributed by atoms with Crippen molar-refractivity contribution in [2.24, 2.45) is 5.92 Å². The highest BCUT2D eigenvalue weighted by atomic mass is 14.2. The van der Waals surface area contributed by atoms with E-state index in [2.05, 4.69) is 80.6 Å². The first kappa shape index (κ1) is 14.7. The van der Waals surface area contributed by atoms with Gasteiger partial charge in [-0.25, -0.2) is 0 Å². The van der Waals surface area contributed by atoms with Crippen LogP contribution in [0.25, 0.3) is 40.1 Å². The largest absolute Gasteiger partial charge is 0.0648 e. The fourth-order valence-electron chi connectivity index (χ4n) is 4.36. The van der Waals surface area contributed by atoms with E-state index in [9.17, 15) is 0 Å². The Morgan fingerprint density at radius 2 is 1.68 bits per heavy atom. The van der Waals surface area contributed by atoms with E-state index >= 15 is 0 Å². The lowest BCUT2D eigenvalue weighted by Crippen LogP contribution is -1.96. The molecule has 0 heterocycles. The highest BCUT2D eigenvalue weighted by Gasteiger charge is 2.21. The van der Waals surface area contributed by atoms with Gasteiger partial charge < -0.3 is 0 Å². The molecule has 2 aliphatic carbocycles. The standard InChI is InChI=1S/C25H22/c1-3-16(2)20-14-19-7-5-8-21(24(19)15-20)22-13-12-18-11-10-17-6-4-9-23(22)25(17)18/h4-13,15-16H,3,14H2,1-2H3. The molecule has 1 atom stereocenters. The lowest BCUT2D eigenvalue weighted by Gasteiger charge is -2.12. The summed E-state index contributed by atoms with van der Waals surface area (Å²) in [5, 5.41) is 2.78. The van der Waals surface area contributed by atoms with Crippen molar-refractivity contribution in [1.29, 1.82) is 0 Å². The minimum Gasteiger partial charge on any atom is -0.0648 e. The Labute approximate surface area is 149 Å². The third kappa shape index (κ3) is 2.14. The zero-order valence-electron chi connectivity index (χ0n) is 14.8. The SMILES string of the molecule is CCC(C)C1=Cc2c(cccc2-c2ccc3c4c(cccc24)C=C3)C1. The highest BCUT2D eigenvalue weighted by Crippen LogP contribution is 2.42. The summed E-state index contributed by atoms with van der Waals surface area (Å²) in [6.07, 6.45) is 9.25. The van der Waals surface area contributed by atoms with Gasteiger partial charge in [-0.2, -0.15) is 0 Å². The summed E-state index contributed by atoms with van der Waals surface area (Å²) in [5.74, 6) is 0.664. The summed E-state index contributed by atoms with van der Waals surface area (Å²) >= 11 is 0. The first-order chi connectivity index (χ1) is 12.3. The van der Waals surface area contributed by atoms with Gasteiger partial charge in [-0.3, -0.25) is 0 Å². The van der Waals surface area contributed by atoms with E-state index in [1.165, 1.54) is 50.6 Å². The molecule has 0 aliphatic heterocycles. The molecule has 3 aromatic rings. The first-order valence-electron chi connectivity index (χ1n) is 9.33. The summed E-state index contributed by atoms with van der Waals surface area (Å²) in [5.41, 5.74) is 9.93. The van der Waals surface area contributed by atoms with Crippen molar-refractivity contribution in [2.75, 3.05) is 0 Å². The molecule has 0 fully saturated rings. The number of rotatable bonds is 3. The molecule has 1 unspecified atom stereocenters. The lowest BCUT2D eigenvalue weighted by atomic mass is 9.91. The Morgan fingerprint density at radius 3 is 2.52 bits per heavy atom. The van der Waals surface area contributed by atoms with Crippen LogP contribution in [-0.4, -0.2) is 0 Å². The average Bonchev–Trinajstić information content (AvgIpc) is 3.27. The maximum atomic E-state index is 2.46. The molecule has 122 valence electrons. The van der Waals surface area contributed by atoms with E-state index in [4.69, 9.17) is 0 Å². The molecule has 0 radical (unpaired) electrons. The van der Waals surface area contributed by atoms with Gasteiger partial charge in [-0.05, 0) is 62.9 Å². The van der Waals surface area contributed by atoms with Crippen molar-refractivity contribution >= 4 is 29.0 Å². The van der Waals surface area contributed by atoms with Crippen molar-refractivity contribution in [3.63, 3.8) is 0 Å². The van der Waals surface area contributed by atoms with Crippen LogP contribution in [0, 0.1) is 5.92 Å². The zero-order valence-corrected chi connectivity index (χ0v) is 14.8. The molecule has 0 bridgehead atoms. The minimum absolute atomic E-state index is 0.664. The topological polar surface area (TPSA) is 0 Å². The van der Waals surface area contributed by atoms with Gasteiger partial charge in [-0.15, -0.1) is 0 Å². The molecule has 5 rings (SSSR count). The van der Waals surface area contributed by atoms with Crippen LogP contribution in [0.3, 0.4) is 0 Å². The monoisotopic (exact) mass is 322 g/mol. The maximum absolute atomic E-state index is 2.46. The molecule has 0 nitrogen and oxygen atoms in total. The quantitative estimate of drug-likeness (QED) is 0.382. The zero-order chi connectivity index (χ0) is 17.0. The van der Waals surface area contributed by atoms with Gasteiger partial charge in [-0.1, -0.05) is 86.2 Å². The van der Waals surface area contributed by atoms with E-state index < -0.39 is 0 Å². The van der Waals surface area contributed by atoms with Crippen molar-refractivity contribution < 1.29 is 0 Å². The van der Waals surface area contributed by atoms with Crippen molar-refractivity contribution in [3.8, 4) is 11.1 Å². The van der Waals surface area contributed by atoms with Crippen LogP contribution in [0.2, 0.25) is 0 Å². The molecule has 0 aromatic heterocycles. The molecule has 0 saturated carbocycles. The molecule has 2 aliphatic rings. The van der Waals surface area contributed by atoms with Gasteiger partial charge in [0, 0.05) is 0 Å². The number of hydrogen-bond donors (Lipinski definition) is 0. The molecule has 0 amide bonds. The molecule has 0 saturated heterocycles. The number of benzene rings is 3. The van der Waals surface area contributed by atoms with Crippen molar-refractivity contribution in [3.05, 3.63) is 76.4 Å². The van der Waals surface area contributed by atoms with Crippen molar-refractivity contribution in [1.82, 2.24) is 0 Å². The van der Waals surface area contributed by atoms with Crippen LogP contribution in [0.1, 0.15) is 42.5 Å². The summed E-state index contributed by atoms with van der Waals surface area (Å²) in [6, 6.07) is 18.1. The van der Waals surface area contributed by atoms with E-state index in [0.717, 1.165) is 6.42 Å². The first-order valence-corrected chi connectivity index (χ1v) is 9.33. The van der Waals surface area contributed by atoms with Gasteiger partial charge >= 0.3 is 0 Å². The minimum atomic E-state index is 0.664. The second kappa shape index (κ2) is 5.46. The highest BCUT2D eigenvalue weighted by molar-refractivity contribution is 6.10. The fourth-order valence-corrected chi connectivity index (χ4v) is 4.36. The smallest absolute Gasteiger partial charge is 0.00326 e. The molecular weight excluding hydrogens is 300 g/mol. The lowest BCUT2D eigenvalue weighted by molar-refractivity contribution is 0.647. The number of hydrogen-bond acceptors (Lipinski definition) is 0.